The van der Waals surface area contributed by atoms with E-state index in [1.54, 1.807) is 6.07 Å². The lowest BCUT2D eigenvalue weighted by Gasteiger charge is -2.40. The number of benzene rings is 1. The Morgan fingerprint density at radius 3 is 2.86 bits per heavy atom. The van der Waals surface area contributed by atoms with Crippen molar-refractivity contribution < 1.29 is 27.4 Å². The van der Waals surface area contributed by atoms with Gasteiger partial charge in [-0.25, -0.2) is 0 Å². The zero-order chi connectivity index (χ0) is 24.8. The quantitative estimate of drug-likeness (QED) is 0.675. The molecular formula is C26H36F3N3O3. The maximum atomic E-state index is 13.7. The van der Waals surface area contributed by atoms with E-state index in [0.717, 1.165) is 38.4 Å². The van der Waals surface area contributed by atoms with Gasteiger partial charge in [-0.3, -0.25) is 4.79 Å². The number of nitrogens with zero attached hydrogens (tertiary/aromatic N) is 2. The van der Waals surface area contributed by atoms with Crippen LogP contribution in [0.3, 0.4) is 0 Å². The van der Waals surface area contributed by atoms with Gasteiger partial charge in [-0.2, -0.15) is 13.2 Å². The average Bonchev–Trinajstić information content (AvgIpc) is 3.36. The van der Waals surface area contributed by atoms with Crippen molar-refractivity contribution in [3.63, 3.8) is 0 Å². The summed E-state index contributed by atoms with van der Waals surface area (Å²) in [5, 5.41) is 3.79. The van der Waals surface area contributed by atoms with Gasteiger partial charge in [0.05, 0.1) is 29.7 Å². The van der Waals surface area contributed by atoms with E-state index < -0.39 is 17.2 Å². The number of carbonyl (C=O) groups excluding carboxylic acids is 1. The Morgan fingerprint density at radius 1 is 1.26 bits per heavy atom. The Hall–Kier alpha value is -1.84. The molecule has 0 radical (unpaired) electrons. The highest BCUT2D eigenvalue weighted by Gasteiger charge is 2.60. The fourth-order valence-corrected chi connectivity index (χ4v) is 6.86. The molecule has 1 aliphatic carbocycles. The third-order valence-corrected chi connectivity index (χ3v) is 8.78. The lowest BCUT2D eigenvalue weighted by atomic mass is 9.74. The topological polar surface area (TPSA) is 54.0 Å². The number of halogens is 3. The molecule has 6 atom stereocenters. The Balaban J connectivity index is 1.28. The first kappa shape index (κ1) is 24.8. The van der Waals surface area contributed by atoms with E-state index in [0.29, 0.717) is 38.5 Å². The van der Waals surface area contributed by atoms with Crippen LogP contribution in [0, 0.1) is 11.3 Å². The van der Waals surface area contributed by atoms with Crippen molar-refractivity contribution in [2.24, 2.45) is 11.3 Å². The summed E-state index contributed by atoms with van der Waals surface area (Å²) in [5.41, 5.74) is -0.446. The normalized spacial score (nSPS) is 35.7. The Labute approximate surface area is 205 Å². The Morgan fingerprint density at radius 2 is 2.09 bits per heavy atom. The first-order chi connectivity index (χ1) is 16.7. The minimum atomic E-state index is -4.37. The number of hydrogen-bond donors (Lipinski definition) is 1. The van der Waals surface area contributed by atoms with Crippen molar-refractivity contribution in [2.75, 3.05) is 44.4 Å². The van der Waals surface area contributed by atoms with Gasteiger partial charge in [-0.1, -0.05) is 13.0 Å². The summed E-state index contributed by atoms with van der Waals surface area (Å²) in [7, 11) is 0. The number of anilines is 1. The molecular weight excluding hydrogens is 459 g/mol. The van der Waals surface area contributed by atoms with Crippen LogP contribution in [0.15, 0.2) is 24.3 Å². The molecule has 1 spiro atoms. The van der Waals surface area contributed by atoms with E-state index >= 15 is 0 Å². The highest BCUT2D eigenvalue weighted by molar-refractivity contribution is 5.87. The van der Waals surface area contributed by atoms with Crippen LogP contribution in [0.1, 0.15) is 45.1 Å². The molecule has 5 rings (SSSR count). The standard InChI is InChI=1S/C26H36F3N3O3/c1-3-35-23-16-34-12-8-21(23)30-19-7-9-25(14-19)17(2)22-15-31(10-11-32(22)24(25)33)20-6-4-5-18(13-20)26(27,28)29/h4-6,13,17,19,21-23,30H,3,7-12,14-16H2,1-2H3/t17?,19?,21?,22?,23?,25-/m0/s1. The first-order valence-electron chi connectivity index (χ1n) is 12.9. The summed E-state index contributed by atoms with van der Waals surface area (Å²) in [6.45, 7) is 7.79. The minimum absolute atomic E-state index is 0.0174. The molecule has 4 aliphatic rings. The van der Waals surface area contributed by atoms with Crippen LogP contribution in [0.4, 0.5) is 18.9 Å². The SMILES string of the molecule is CCOC1COCCC1NC1CC[C@@]2(C1)C(=O)N1CCN(c3cccc(C(F)(F)F)c3)CC1C2C. The molecule has 1 saturated carbocycles. The fraction of sp³-hybridized carbons (Fsp3) is 0.731. The van der Waals surface area contributed by atoms with Crippen molar-refractivity contribution in [1.82, 2.24) is 10.2 Å². The first-order valence-corrected chi connectivity index (χ1v) is 12.9. The fourth-order valence-electron chi connectivity index (χ4n) is 6.86. The molecule has 6 nitrogen and oxygen atoms in total. The average molecular weight is 496 g/mol. The number of amides is 1. The monoisotopic (exact) mass is 495 g/mol. The van der Waals surface area contributed by atoms with E-state index in [-0.39, 0.29) is 36.1 Å². The van der Waals surface area contributed by atoms with Crippen LogP contribution in [0.25, 0.3) is 0 Å². The second-order valence-electron chi connectivity index (χ2n) is 10.6. The van der Waals surface area contributed by atoms with E-state index in [1.807, 2.05) is 16.7 Å². The van der Waals surface area contributed by atoms with E-state index in [9.17, 15) is 18.0 Å². The van der Waals surface area contributed by atoms with E-state index in [1.165, 1.54) is 12.1 Å². The predicted molar refractivity (Wildman–Crippen MR) is 126 cm³/mol. The number of carbonyl (C=O) groups is 1. The summed E-state index contributed by atoms with van der Waals surface area (Å²) in [6.07, 6.45) is -0.823. The van der Waals surface area contributed by atoms with Gasteiger partial charge in [-0.05, 0) is 56.7 Å². The molecule has 1 aromatic carbocycles. The summed E-state index contributed by atoms with van der Waals surface area (Å²) in [6, 6.07) is 6.04. The van der Waals surface area contributed by atoms with Crippen LogP contribution >= 0.6 is 0 Å². The number of fused-ring (bicyclic) bond motifs is 1. The van der Waals surface area contributed by atoms with Gasteiger partial charge < -0.3 is 24.6 Å². The zero-order valence-corrected chi connectivity index (χ0v) is 20.5. The van der Waals surface area contributed by atoms with Crippen molar-refractivity contribution >= 4 is 11.6 Å². The number of hydrogen-bond acceptors (Lipinski definition) is 5. The van der Waals surface area contributed by atoms with Gasteiger partial charge in [0.1, 0.15) is 0 Å². The third kappa shape index (κ3) is 4.55. The van der Waals surface area contributed by atoms with Crippen LogP contribution in [0.5, 0.6) is 0 Å². The summed E-state index contributed by atoms with van der Waals surface area (Å²) in [4.78, 5) is 17.7. The lowest BCUT2D eigenvalue weighted by molar-refractivity contribution is -0.138. The van der Waals surface area contributed by atoms with Gasteiger partial charge in [0.25, 0.3) is 0 Å². The van der Waals surface area contributed by atoms with Crippen LogP contribution in [0.2, 0.25) is 0 Å². The highest BCUT2D eigenvalue weighted by atomic mass is 19.4. The van der Waals surface area contributed by atoms with Crippen molar-refractivity contribution in [3.05, 3.63) is 29.8 Å². The third-order valence-electron chi connectivity index (χ3n) is 8.78. The predicted octanol–water partition coefficient (Wildman–Crippen LogP) is 3.69. The van der Waals surface area contributed by atoms with Crippen LogP contribution < -0.4 is 10.2 Å². The maximum absolute atomic E-state index is 13.7. The van der Waals surface area contributed by atoms with Crippen LogP contribution in [-0.4, -0.2) is 74.5 Å². The van der Waals surface area contributed by atoms with Crippen molar-refractivity contribution in [3.8, 4) is 0 Å². The molecule has 5 unspecified atom stereocenters. The molecule has 194 valence electrons. The number of alkyl halides is 3. The second kappa shape index (κ2) is 9.56. The number of rotatable bonds is 5. The smallest absolute Gasteiger partial charge is 0.379 e. The van der Waals surface area contributed by atoms with Gasteiger partial charge in [-0.15, -0.1) is 0 Å². The van der Waals surface area contributed by atoms with Crippen LogP contribution in [-0.2, 0) is 20.4 Å². The van der Waals surface area contributed by atoms with Gasteiger partial charge in [0.15, 0.2) is 0 Å². The number of piperazine rings is 1. The molecule has 3 heterocycles. The summed E-state index contributed by atoms with van der Waals surface area (Å²) < 4.78 is 51.2. The molecule has 1 aromatic rings. The number of nitrogens with one attached hydrogen (secondary N) is 1. The maximum Gasteiger partial charge on any atom is 0.416 e. The molecule has 0 aromatic heterocycles. The van der Waals surface area contributed by atoms with E-state index in [2.05, 4.69) is 12.2 Å². The molecule has 1 N–H and O–H groups in total. The van der Waals surface area contributed by atoms with Gasteiger partial charge >= 0.3 is 6.18 Å². The lowest BCUT2D eigenvalue weighted by Crippen LogP contribution is -2.53. The molecule has 3 saturated heterocycles. The van der Waals surface area contributed by atoms with Gasteiger partial charge in [0, 0.05) is 50.6 Å². The molecule has 35 heavy (non-hydrogen) atoms. The molecule has 9 heteroatoms. The number of ether oxygens (including phenoxy) is 2. The summed E-state index contributed by atoms with van der Waals surface area (Å²) >= 11 is 0. The van der Waals surface area contributed by atoms with Crippen molar-refractivity contribution in [1.29, 1.82) is 0 Å². The highest BCUT2D eigenvalue weighted by Crippen LogP contribution is 2.53. The second-order valence-corrected chi connectivity index (χ2v) is 10.6. The molecule has 1 amide bonds. The zero-order valence-electron chi connectivity index (χ0n) is 20.5. The minimum Gasteiger partial charge on any atom is -0.379 e. The summed E-state index contributed by atoms with van der Waals surface area (Å²) in [5.74, 6) is 0.379. The Bertz CT molecular complexity index is 927. The largest absolute Gasteiger partial charge is 0.416 e. The van der Waals surface area contributed by atoms with E-state index in [4.69, 9.17) is 9.47 Å². The molecule has 3 aliphatic heterocycles. The molecule has 4 fully saturated rings. The Kier molecular flexibility index (Phi) is 6.78. The van der Waals surface area contributed by atoms with Gasteiger partial charge in [0.2, 0.25) is 5.91 Å². The van der Waals surface area contributed by atoms with Crippen molar-refractivity contribution in [2.45, 2.75) is 69.9 Å². The molecule has 0 bridgehead atoms.